The van der Waals surface area contributed by atoms with Gasteiger partial charge < -0.3 is 24.7 Å². The van der Waals surface area contributed by atoms with Gasteiger partial charge in [-0.25, -0.2) is 13.1 Å². The summed E-state index contributed by atoms with van der Waals surface area (Å²) in [5.74, 6) is -2.44. The molecule has 0 radical (unpaired) electrons. The standard InChI is InChI=1S/C33H54NO8PS/c1-2-3-4-5-6-7-10-19-26-44(40,41)34-30(25-18-9-8-13-20-28-21-14-11-15-22-28)31(35)32(33(36)43(37,38)39)42-27-29-23-16-12-17-24-29/h11-12,14-17,21-24,30-36H,2-10,13,18-20,25-27H2,1H3,(H2,37,38,39). The van der Waals surface area contributed by atoms with Crippen molar-refractivity contribution in [1.82, 2.24) is 4.72 Å². The lowest BCUT2D eigenvalue weighted by molar-refractivity contribution is -0.0979. The van der Waals surface area contributed by atoms with E-state index in [9.17, 15) is 33.0 Å². The Balaban J connectivity index is 2.05. The summed E-state index contributed by atoms with van der Waals surface area (Å²) < 4.78 is 46.5. The number of hydrogen-bond acceptors (Lipinski definition) is 6. The van der Waals surface area contributed by atoms with E-state index >= 15 is 0 Å². The molecule has 0 aliphatic rings. The summed E-state index contributed by atoms with van der Waals surface area (Å²) in [5.41, 5.74) is 1.92. The van der Waals surface area contributed by atoms with E-state index in [2.05, 4.69) is 23.8 Å². The smallest absolute Gasteiger partial charge is 0.356 e. The van der Waals surface area contributed by atoms with Crippen molar-refractivity contribution in [2.24, 2.45) is 0 Å². The number of hydrogen-bond donors (Lipinski definition) is 5. The van der Waals surface area contributed by atoms with Gasteiger partial charge in [0.25, 0.3) is 0 Å². The van der Waals surface area contributed by atoms with Gasteiger partial charge >= 0.3 is 7.60 Å². The predicted octanol–water partition coefficient (Wildman–Crippen LogP) is 6.05. The van der Waals surface area contributed by atoms with Crippen LogP contribution in [0.3, 0.4) is 0 Å². The summed E-state index contributed by atoms with van der Waals surface area (Å²) >= 11 is 0. The second-order valence-corrected chi connectivity index (χ2v) is 15.3. The highest BCUT2D eigenvalue weighted by atomic mass is 32.2. The van der Waals surface area contributed by atoms with Crippen molar-refractivity contribution in [3.8, 4) is 0 Å². The molecular formula is C33H54NO8PS. The van der Waals surface area contributed by atoms with Crippen LogP contribution in [-0.2, 0) is 32.4 Å². The number of benzene rings is 2. The third kappa shape index (κ3) is 16.1. The summed E-state index contributed by atoms with van der Waals surface area (Å²) in [6.45, 7) is 2.04. The van der Waals surface area contributed by atoms with Gasteiger partial charge in [0.05, 0.1) is 24.5 Å². The molecular weight excluding hydrogens is 601 g/mol. The summed E-state index contributed by atoms with van der Waals surface area (Å²) in [6, 6.07) is 17.9. The first-order chi connectivity index (χ1) is 21.0. The summed E-state index contributed by atoms with van der Waals surface area (Å²) in [7, 11) is -8.91. The second-order valence-electron chi connectivity index (χ2n) is 11.7. The van der Waals surface area contributed by atoms with E-state index in [1.807, 2.05) is 18.2 Å². The summed E-state index contributed by atoms with van der Waals surface area (Å²) in [6.07, 6.45) is 8.97. The molecule has 9 nitrogen and oxygen atoms in total. The maximum Gasteiger partial charge on any atom is 0.356 e. The molecule has 0 aromatic heterocycles. The second kappa shape index (κ2) is 21.2. The van der Waals surface area contributed by atoms with Gasteiger partial charge in [0.1, 0.15) is 6.10 Å². The monoisotopic (exact) mass is 655 g/mol. The predicted molar refractivity (Wildman–Crippen MR) is 176 cm³/mol. The molecule has 44 heavy (non-hydrogen) atoms. The van der Waals surface area contributed by atoms with Crippen LogP contribution in [0.25, 0.3) is 0 Å². The summed E-state index contributed by atoms with van der Waals surface area (Å²) in [4.78, 5) is 19.5. The van der Waals surface area contributed by atoms with E-state index in [4.69, 9.17) is 4.74 Å². The molecule has 11 heteroatoms. The van der Waals surface area contributed by atoms with E-state index in [-0.39, 0.29) is 18.8 Å². The fourth-order valence-electron chi connectivity index (χ4n) is 5.25. The lowest BCUT2D eigenvalue weighted by Gasteiger charge is -2.33. The lowest BCUT2D eigenvalue weighted by Crippen LogP contribution is -2.53. The molecule has 2 aromatic rings. The first-order valence-electron chi connectivity index (χ1n) is 16.1. The molecule has 0 spiro atoms. The minimum absolute atomic E-state index is 0.112. The first kappa shape index (κ1) is 38.6. The third-order valence-electron chi connectivity index (χ3n) is 7.84. The zero-order valence-electron chi connectivity index (χ0n) is 26.2. The molecule has 0 aliphatic heterocycles. The highest BCUT2D eigenvalue weighted by Gasteiger charge is 2.43. The molecule has 2 aromatic carbocycles. The number of unbranched alkanes of at least 4 members (excludes halogenated alkanes) is 10. The number of ether oxygens (including phenoxy) is 1. The number of nitrogens with one attached hydrogen (secondary N) is 1. The molecule has 0 saturated carbocycles. The van der Waals surface area contributed by atoms with Gasteiger partial charge in [-0.3, -0.25) is 4.57 Å². The minimum Gasteiger partial charge on any atom is -0.389 e. The van der Waals surface area contributed by atoms with Crippen LogP contribution in [0.15, 0.2) is 60.7 Å². The summed E-state index contributed by atoms with van der Waals surface area (Å²) in [5, 5.41) is 21.9. The Bertz CT molecular complexity index is 1160. The van der Waals surface area contributed by atoms with Crippen molar-refractivity contribution in [3.05, 3.63) is 71.8 Å². The number of rotatable bonds is 25. The fraction of sp³-hybridized carbons (Fsp3) is 0.636. The van der Waals surface area contributed by atoms with Gasteiger partial charge in [-0.15, -0.1) is 0 Å². The van der Waals surface area contributed by atoms with Crippen LogP contribution in [0.2, 0.25) is 0 Å². The highest BCUT2D eigenvalue weighted by molar-refractivity contribution is 7.89. The molecule has 2 rings (SSSR count). The Morgan fingerprint density at radius 2 is 1.27 bits per heavy atom. The largest absolute Gasteiger partial charge is 0.389 e. The molecule has 5 N–H and O–H groups in total. The van der Waals surface area contributed by atoms with Crippen molar-refractivity contribution < 1.29 is 37.7 Å². The van der Waals surface area contributed by atoms with Crippen LogP contribution >= 0.6 is 7.60 Å². The van der Waals surface area contributed by atoms with Crippen LogP contribution in [0, 0.1) is 0 Å². The zero-order valence-corrected chi connectivity index (χ0v) is 27.9. The Morgan fingerprint density at radius 1 is 0.750 bits per heavy atom. The van der Waals surface area contributed by atoms with Crippen LogP contribution < -0.4 is 4.72 Å². The van der Waals surface area contributed by atoms with Crippen molar-refractivity contribution >= 4 is 17.6 Å². The molecule has 4 unspecified atom stereocenters. The van der Waals surface area contributed by atoms with E-state index in [1.165, 1.54) is 24.8 Å². The van der Waals surface area contributed by atoms with Gasteiger partial charge in [0, 0.05) is 0 Å². The van der Waals surface area contributed by atoms with Crippen LogP contribution in [0.4, 0.5) is 0 Å². The highest BCUT2D eigenvalue weighted by Crippen LogP contribution is 2.43. The van der Waals surface area contributed by atoms with E-state index in [0.717, 1.165) is 51.4 Å². The van der Waals surface area contributed by atoms with Crippen molar-refractivity contribution in [1.29, 1.82) is 0 Å². The SMILES string of the molecule is CCCCCCCCCCS(=O)(=O)NC(CCCCCCc1ccccc1)C(O)C(OCc1ccccc1)C(O)P(=O)(O)O. The number of aliphatic hydroxyl groups is 2. The molecule has 0 saturated heterocycles. The Hall–Kier alpha value is -1.62. The van der Waals surface area contributed by atoms with E-state index in [1.54, 1.807) is 30.3 Å². The Morgan fingerprint density at radius 3 is 1.86 bits per heavy atom. The Kier molecular flexibility index (Phi) is 18.6. The molecule has 0 bridgehead atoms. The molecule has 0 aliphatic carbocycles. The molecule has 0 amide bonds. The third-order valence-corrected chi connectivity index (χ3v) is 10.3. The number of aliphatic hydroxyl groups excluding tert-OH is 2. The van der Waals surface area contributed by atoms with E-state index < -0.39 is 41.7 Å². The number of sulfonamides is 1. The van der Waals surface area contributed by atoms with E-state index in [0.29, 0.717) is 18.4 Å². The topological polar surface area (TPSA) is 153 Å². The number of aryl methyl sites for hydroxylation is 1. The van der Waals surface area contributed by atoms with Crippen LogP contribution in [0.5, 0.6) is 0 Å². The van der Waals surface area contributed by atoms with Crippen LogP contribution in [-0.4, -0.2) is 58.3 Å². The average molecular weight is 656 g/mol. The minimum atomic E-state index is -5.09. The van der Waals surface area contributed by atoms with Crippen LogP contribution in [0.1, 0.15) is 102 Å². The van der Waals surface area contributed by atoms with Gasteiger partial charge in [0.2, 0.25) is 10.0 Å². The molecule has 250 valence electrons. The van der Waals surface area contributed by atoms with Gasteiger partial charge in [0.15, 0.2) is 5.85 Å². The Labute approximate surface area is 264 Å². The quantitative estimate of drug-likeness (QED) is 0.0640. The molecule has 0 heterocycles. The molecule has 4 atom stereocenters. The van der Waals surface area contributed by atoms with Crippen molar-refractivity contribution in [2.75, 3.05) is 5.75 Å². The van der Waals surface area contributed by atoms with Crippen molar-refractivity contribution in [3.63, 3.8) is 0 Å². The van der Waals surface area contributed by atoms with Gasteiger partial charge in [-0.05, 0) is 36.8 Å². The average Bonchev–Trinajstić information content (AvgIpc) is 3.00. The zero-order chi connectivity index (χ0) is 32.3. The van der Waals surface area contributed by atoms with Gasteiger partial charge in [-0.1, -0.05) is 132 Å². The lowest BCUT2D eigenvalue weighted by atomic mass is 9.98. The first-order valence-corrected chi connectivity index (χ1v) is 19.5. The fourth-order valence-corrected chi connectivity index (χ4v) is 7.32. The maximum atomic E-state index is 13.1. The normalized spacial score (nSPS) is 15.1. The maximum absolute atomic E-state index is 13.1. The van der Waals surface area contributed by atoms with Crippen molar-refractivity contribution in [2.45, 2.75) is 128 Å². The van der Waals surface area contributed by atoms with Gasteiger partial charge in [-0.2, -0.15) is 0 Å². The molecule has 0 fully saturated rings.